The largest absolute Gasteiger partial charge is 0.291 e. The molecule has 0 bridgehead atoms. The Kier molecular flexibility index (Phi) is 4.91. The van der Waals surface area contributed by atoms with E-state index in [-0.39, 0.29) is 11.6 Å². The maximum atomic E-state index is 13.1. The molecule has 0 N–H and O–H groups in total. The molecule has 0 saturated heterocycles. The molecule has 0 aliphatic carbocycles. The highest BCUT2D eigenvalue weighted by Crippen LogP contribution is 2.24. The third-order valence-electron chi connectivity index (χ3n) is 4.87. The van der Waals surface area contributed by atoms with Gasteiger partial charge in [-0.25, -0.2) is 4.99 Å². The Morgan fingerprint density at radius 2 is 1.57 bits per heavy atom. The third kappa shape index (κ3) is 3.43. The number of fused-ring (bicyclic) bond motifs is 1. The minimum Gasteiger partial charge on any atom is -0.266 e. The molecule has 4 nitrogen and oxygen atoms in total. The van der Waals surface area contributed by atoms with Crippen LogP contribution in [0.25, 0.3) is 6.08 Å². The van der Waals surface area contributed by atoms with Gasteiger partial charge in [-0.15, -0.1) is 0 Å². The molecule has 0 spiro atoms. The maximum absolute atomic E-state index is 13.1. The predicted octanol–water partition coefficient (Wildman–Crippen LogP) is 4.02. The number of benzene rings is 3. The summed E-state index contributed by atoms with van der Waals surface area (Å²) in [6, 6.07) is 27.0. The van der Waals surface area contributed by atoms with Gasteiger partial charge in [0, 0.05) is 10.6 Å². The molecule has 0 amide bonds. The molecule has 1 aliphatic heterocycles. The van der Waals surface area contributed by atoms with Gasteiger partial charge >= 0.3 is 0 Å². The standard InChI is InChI=1S/C24H16ClN3OS/c25-19-14-8-7-13-18(19)15-20-23(29)28-24(30-20)26-21(16-9-3-1-4-10-16)22(27-28)17-11-5-2-6-12-17/h1-15,21H/b20-15+/t21-/m0/s1. The lowest BCUT2D eigenvalue weighted by atomic mass is 9.97. The van der Waals surface area contributed by atoms with Crippen LogP contribution >= 0.6 is 22.9 Å². The van der Waals surface area contributed by atoms with Gasteiger partial charge in [0.1, 0.15) is 6.04 Å². The second kappa shape index (κ2) is 7.86. The van der Waals surface area contributed by atoms with Gasteiger partial charge in [-0.3, -0.25) is 4.79 Å². The summed E-state index contributed by atoms with van der Waals surface area (Å²) in [5, 5.41) is 5.34. The van der Waals surface area contributed by atoms with Crippen molar-refractivity contribution in [3.05, 3.63) is 126 Å². The minimum atomic E-state index is -0.278. The molecule has 0 unspecified atom stereocenters. The van der Waals surface area contributed by atoms with Crippen molar-refractivity contribution in [1.29, 1.82) is 0 Å². The van der Waals surface area contributed by atoms with Crippen molar-refractivity contribution < 1.29 is 0 Å². The highest BCUT2D eigenvalue weighted by atomic mass is 35.5. The van der Waals surface area contributed by atoms with Crippen molar-refractivity contribution in [2.24, 2.45) is 10.1 Å². The maximum Gasteiger partial charge on any atom is 0.291 e. The first-order valence-electron chi connectivity index (χ1n) is 9.46. The fraction of sp³-hybridized carbons (Fsp3) is 0.0417. The molecule has 146 valence electrons. The molecular weight excluding hydrogens is 414 g/mol. The summed E-state index contributed by atoms with van der Waals surface area (Å²) in [4.78, 5) is 18.6. The van der Waals surface area contributed by atoms with Gasteiger partial charge in [0.15, 0.2) is 0 Å². The number of aromatic nitrogens is 1. The second-order valence-corrected chi connectivity index (χ2v) is 8.24. The van der Waals surface area contributed by atoms with E-state index >= 15 is 0 Å². The van der Waals surface area contributed by atoms with Gasteiger partial charge < -0.3 is 0 Å². The molecule has 0 saturated carbocycles. The Hall–Kier alpha value is -3.28. The monoisotopic (exact) mass is 429 g/mol. The summed E-state index contributed by atoms with van der Waals surface area (Å²) < 4.78 is 1.95. The number of hydrogen-bond donors (Lipinski definition) is 0. The molecule has 4 aromatic rings. The molecule has 6 heteroatoms. The minimum absolute atomic E-state index is 0.196. The first kappa shape index (κ1) is 18.7. The van der Waals surface area contributed by atoms with E-state index < -0.39 is 0 Å². The van der Waals surface area contributed by atoms with E-state index in [9.17, 15) is 4.79 Å². The van der Waals surface area contributed by atoms with Crippen LogP contribution in [-0.4, -0.2) is 10.4 Å². The van der Waals surface area contributed by atoms with Gasteiger partial charge in [0.05, 0.1) is 10.2 Å². The van der Waals surface area contributed by atoms with Crippen LogP contribution in [0.5, 0.6) is 0 Å². The van der Waals surface area contributed by atoms with Gasteiger partial charge in [-0.1, -0.05) is 102 Å². The van der Waals surface area contributed by atoms with Crippen molar-refractivity contribution >= 4 is 34.7 Å². The zero-order valence-electron chi connectivity index (χ0n) is 15.8. The summed E-state index contributed by atoms with van der Waals surface area (Å²) in [5.41, 5.74) is 3.32. The molecule has 3 aromatic carbocycles. The molecule has 0 fully saturated rings. The molecular formula is C24H16ClN3OS. The number of thiazole rings is 1. The molecule has 1 aromatic heterocycles. The van der Waals surface area contributed by atoms with E-state index in [4.69, 9.17) is 21.7 Å². The van der Waals surface area contributed by atoms with Crippen molar-refractivity contribution in [2.75, 3.05) is 0 Å². The van der Waals surface area contributed by atoms with Crippen LogP contribution in [0.2, 0.25) is 5.02 Å². The highest BCUT2D eigenvalue weighted by Gasteiger charge is 2.24. The summed E-state index contributed by atoms with van der Waals surface area (Å²) in [7, 11) is 0. The van der Waals surface area contributed by atoms with E-state index in [1.165, 1.54) is 16.0 Å². The Morgan fingerprint density at radius 3 is 2.30 bits per heavy atom. The number of halogens is 1. The van der Waals surface area contributed by atoms with Crippen LogP contribution in [0.3, 0.4) is 0 Å². The van der Waals surface area contributed by atoms with Crippen LogP contribution in [0, 0.1) is 0 Å². The molecule has 30 heavy (non-hydrogen) atoms. The molecule has 1 aliphatic rings. The smallest absolute Gasteiger partial charge is 0.266 e. The van der Waals surface area contributed by atoms with Gasteiger partial charge in [-0.2, -0.15) is 9.78 Å². The van der Waals surface area contributed by atoms with Crippen LogP contribution < -0.4 is 14.9 Å². The Balaban J connectivity index is 1.73. The van der Waals surface area contributed by atoms with E-state index in [1.807, 2.05) is 78.9 Å². The molecule has 2 heterocycles. The summed E-state index contributed by atoms with van der Waals surface area (Å²) >= 11 is 7.60. The number of rotatable bonds is 3. The highest BCUT2D eigenvalue weighted by molar-refractivity contribution is 7.07. The van der Waals surface area contributed by atoms with E-state index in [0.29, 0.717) is 14.4 Å². The zero-order chi connectivity index (χ0) is 20.5. The van der Waals surface area contributed by atoms with Crippen LogP contribution in [0.15, 0.2) is 99.8 Å². The van der Waals surface area contributed by atoms with Crippen LogP contribution in [0.1, 0.15) is 22.7 Å². The van der Waals surface area contributed by atoms with Crippen LogP contribution in [0.4, 0.5) is 0 Å². The van der Waals surface area contributed by atoms with Gasteiger partial charge in [0.2, 0.25) is 4.80 Å². The Morgan fingerprint density at radius 1 is 0.900 bits per heavy atom. The van der Waals surface area contributed by atoms with Gasteiger partial charge in [0.25, 0.3) is 5.56 Å². The SMILES string of the molecule is O=c1/c(=C\c2ccccc2Cl)sc2n1N=C(c1ccccc1)[C@H](c1ccccc1)N=2. The lowest BCUT2D eigenvalue weighted by molar-refractivity contribution is 0.723. The quantitative estimate of drug-likeness (QED) is 0.485. The van der Waals surface area contributed by atoms with E-state index in [1.54, 1.807) is 12.1 Å². The van der Waals surface area contributed by atoms with Crippen molar-refractivity contribution in [2.45, 2.75) is 6.04 Å². The Bertz CT molecular complexity index is 1420. The fourth-order valence-corrected chi connectivity index (χ4v) is 4.51. The molecule has 5 rings (SSSR count). The lowest BCUT2D eigenvalue weighted by Gasteiger charge is -2.19. The lowest BCUT2D eigenvalue weighted by Crippen LogP contribution is -2.34. The fourth-order valence-electron chi connectivity index (χ4n) is 3.40. The van der Waals surface area contributed by atoms with E-state index in [2.05, 4.69) is 0 Å². The zero-order valence-corrected chi connectivity index (χ0v) is 17.3. The van der Waals surface area contributed by atoms with Crippen LogP contribution in [-0.2, 0) is 0 Å². The second-order valence-electron chi connectivity index (χ2n) is 6.83. The van der Waals surface area contributed by atoms with Crippen molar-refractivity contribution in [3.63, 3.8) is 0 Å². The topological polar surface area (TPSA) is 46.7 Å². The summed E-state index contributed by atoms with van der Waals surface area (Å²) in [5.74, 6) is 0. The van der Waals surface area contributed by atoms with E-state index in [0.717, 1.165) is 22.4 Å². The number of nitrogens with zero attached hydrogens (tertiary/aromatic N) is 3. The summed E-state index contributed by atoms with van der Waals surface area (Å²) in [6.07, 6.45) is 1.80. The first-order chi connectivity index (χ1) is 14.7. The average Bonchev–Trinajstić information content (AvgIpc) is 3.10. The normalized spacial score (nSPS) is 16.0. The van der Waals surface area contributed by atoms with Gasteiger partial charge in [-0.05, 0) is 23.3 Å². The Labute approximate surface area is 181 Å². The van der Waals surface area contributed by atoms with Crippen molar-refractivity contribution in [3.8, 4) is 0 Å². The average molecular weight is 430 g/mol. The van der Waals surface area contributed by atoms with Crippen molar-refractivity contribution in [1.82, 2.24) is 4.68 Å². The predicted molar refractivity (Wildman–Crippen MR) is 122 cm³/mol. The molecule has 0 radical (unpaired) electrons. The first-order valence-corrected chi connectivity index (χ1v) is 10.7. The molecule has 1 atom stereocenters. The number of hydrogen-bond acceptors (Lipinski definition) is 4. The third-order valence-corrected chi connectivity index (χ3v) is 6.19. The summed E-state index contributed by atoms with van der Waals surface area (Å²) in [6.45, 7) is 0.